The summed E-state index contributed by atoms with van der Waals surface area (Å²) >= 11 is 0. The SMILES string of the molecule is CCCCCCCC/C=C/CCCCCCCC(=O)N=[N+]=[N-]. The molecular weight excluding hydrogens is 274 g/mol. The maximum absolute atomic E-state index is 10.9. The van der Waals surface area contributed by atoms with Gasteiger partial charge in [0.15, 0.2) is 0 Å². The van der Waals surface area contributed by atoms with Crippen LogP contribution in [0.15, 0.2) is 17.3 Å². The van der Waals surface area contributed by atoms with Crippen LogP contribution in [0.3, 0.4) is 0 Å². The molecular formula is C18H33N3O. The number of unbranched alkanes of at least 4 members (excludes halogenated alkanes) is 11. The summed E-state index contributed by atoms with van der Waals surface area (Å²) in [5.41, 5.74) is 8.09. The second kappa shape index (κ2) is 17.8. The summed E-state index contributed by atoms with van der Waals surface area (Å²) in [6, 6.07) is 0. The van der Waals surface area contributed by atoms with Gasteiger partial charge in [-0.15, -0.1) is 0 Å². The number of amides is 1. The van der Waals surface area contributed by atoms with E-state index < -0.39 is 0 Å². The lowest BCUT2D eigenvalue weighted by Crippen LogP contribution is -1.90. The first kappa shape index (κ1) is 20.7. The molecule has 0 spiro atoms. The number of hydrogen-bond donors (Lipinski definition) is 0. The van der Waals surface area contributed by atoms with Gasteiger partial charge >= 0.3 is 0 Å². The van der Waals surface area contributed by atoms with Crippen molar-refractivity contribution in [2.75, 3.05) is 0 Å². The van der Waals surface area contributed by atoms with Gasteiger partial charge in [0, 0.05) is 11.3 Å². The van der Waals surface area contributed by atoms with Crippen molar-refractivity contribution >= 4 is 5.91 Å². The number of carbonyl (C=O) groups is 1. The largest absolute Gasteiger partial charge is 0.293 e. The number of carbonyl (C=O) groups excluding carboxylic acids is 1. The highest BCUT2D eigenvalue weighted by Crippen LogP contribution is 2.10. The fraction of sp³-hybridized carbons (Fsp3) is 0.833. The Balaban J connectivity index is 3.17. The molecule has 0 atom stereocenters. The highest BCUT2D eigenvalue weighted by atomic mass is 16.1. The molecule has 0 aliphatic rings. The van der Waals surface area contributed by atoms with Gasteiger partial charge in [-0.25, -0.2) is 0 Å². The van der Waals surface area contributed by atoms with E-state index in [1.54, 1.807) is 0 Å². The Kier molecular flexibility index (Phi) is 16.7. The van der Waals surface area contributed by atoms with Crippen LogP contribution in [0, 0.1) is 0 Å². The van der Waals surface area contributed by atoms with E-state index >= 15 is 0 Å². The van der Waals surface area contributed by atoms with E-state index in [1.807, 2.05) is 0 Å². The van der Waals surface area contributed by atoms with Gasteiger partial charge in [0.05, 0.1) is 0 Å². The highest BCUT2D eigenvalue weighted by molar-refractivity contribution is 5.76. The topological polar surface area (TPSA) is 65.8 Å². The summed E-state index contributed by atoms with van der Waals surface area (Å²) in [6.45, 7) is 2.26. The van der Waals surface area contributed by atoms with Crippen molar-refractivity contribution in [3.63, 3.8) is 0 Å². The maximum atomic E-state index is 10.9. The van der Waals surface area contributed by atoms with E-state index in [4.69, 9.17) is 5.53 Å². The lowest BCUT2D eigenvalue weighted by atomic mass is 10.1. The van der Waals surface area contributed by atoms with Gasteiger partial charge in [-0.3, -0.25) is 4.79 Å². The third-order valence-corrected chi connectivity index (χ3v) is 3.81. The van der Waals surface area contributed by atoms with Crippen LogP contribution in [-0.2, 0) is 4.79 Å². The number of rotatable bonds is 15. The molecule has 0 rings (SSSR count). The fourth-order valence-corrected chi connectivity index (χ4v) is 2.45. The van der Waals surface area contributed by atoms with E-state index in [1.165, 1.54) is 64.2 Å². The molecule has 0 unspecified atom stereocenters. The minimum Gasteiger partial charge on any atom is -0.293 e. The Morgan fingerprint density at radius 2 is 1.36 bits per heavy atom. The van der Waals surface area contributed by atoms with Crippen molar-refractivity contribution in [1.29, 1.82) is 0 Å². The van der Waals surface area contributed by atoms with Crippen molar-refractivity contribution in [2.24, 2.45) is 5.11 Å². The highest BCUT2D eigenvalue weighted by Gasteiger charge is 1.97. The van der Waals surface area contributed by atoms with Crippen LogP contribution < -0.4 is 0 Å². The maximum Gasteiger partial charge on any atom is 0.218 e. The van der Waals surface area contributed by atoms with Crippen molar-refractivity contribution in [3.05, 3.63) is 22.6 Å². The average Bonchev–Trinajstić information content (AvgIpc) is 2.51. The standard InChI is InChI=1S/C18H33N3O/c1-2-3-4-5-6-7-8-9-10-11-12-13-14-15-16-17-18(22)20-21-19/h9-10H,2-8,11-17H2,1H3/b10-9+. The summed E-state index contributed by atoms with van der Waals surface area (Å²) in [5.74, 6) is -0.333. The smallest absolute Gasteiger partial charge is 0.218 e. The van der Waals surface area contributed by atoms with Gasteiger partial charge in [0.2, 0.25) is 5.91 Å². The van der Waals surface area contributed by atoms with Gasteiger partial charge in [0.1, 0.15) is 0 Å². The predicted octanol–water partition coefficient (Wildman–Crippen LogP) is 6.86. The average molecular weight is 307 g/mol. The molecule has 0 saturated heterocycles. The zero-order chi connectivity index (χ0) is 16.3. The third kappa shape index (κ3) is 16.8. The Morgan fingerprint density at radius 3 is 1.91 bits per heavy atom. The van der Waals surface area contributed by atoms with Crippen molar-refractivity contribution in [3.8, 4) is 0 Å². The normalized spacial score (nSPS) is 10.8. The van der Waals surface area contributed by atoms with E-state index in [9.17, 15) is 4.79 Å². The van der Waals surface area contributed by atoms with Crippen molar-refractivity contribution in [2.45, 2.75) is 96.8 Å². The molecule has 126 valence electrons. The molecule has 1 amide bonds. The number of azide groups is 1. The Labute approximate surface area is 136 Å². The molecule has 0 N–H and O–H groups in total. The molecule has 0 radical (unpaired) electrons. The molecule has 0 saturated carbocycles. The fourth-order valence-electron chi connectivity index (χ4n) is 2.45. The summed E-state index contributed by atoms with van der Waals surface area (Å²) in [6.07, 6.45) is 21.2. The zero-order valence-corrected chi connectivity index (χ0v) is 14.3. The van der Waals surface area contributed by atoms with Crippen LogP contribution in [0.2, 0.25) is 0 Å². The van der Waals surface area contributed by atoms with Crippen LogP contribution >= 0.6 is 0 Å². The minimum absolute atomic E-state index is 0.333. The van der Waals surface area contributed by atoms with Crippen LogP contribution in [0.4, 0.5) is 0 Å². The minimum atomic E-state index is -0.333. The third-order valence-electron chi connectivity index (χ3n) is 3.81. The zero-order valence-electron chi connectivity index (χ0n) is 14.3. The molecule has 0 aliphatic carbocycles. The molecule has 0 heterocycles. The van der Waals surface area contributed by atoms with Gasteiger partial charge < -0.3 is 0 Å². The first-order valence-electron chi connectivity index (χ1n) is 9.04. The summed E-state index contributed by atoms with van der Waals surface area (Å²) < 4.78 is 0. The molecule has 0 aromatic carbocycles. The van der Waals surface area contributed by atoms with Crippen molar-refractivity contribution in [1.82, 2.24) is 0 Å². The first-order chi connectivity index (χ1) is 10.8. The molecule has 4 heteroatoms. The lowest BCUT2D eigenvalue weighted by Gasteiger charge is -1.99. The Hall–Kier alpha value is -1.28. The van der Waals surface area contributed by atoms with E-state index in [0.717, 1.165) is 19.3 Å². The molecule has 0 aromatic heterocycles. The summed E-state index contributed by atoms with van der Waals surface area (Å²) in [5, 5.41) is 3.06. The monoisotopic (exact) mass is 307 g/mol. The second-order valence-electron chi connectivity index (χ2n) is 5.92. The van der Waals surface area contributed by atoms with Crippen molar-refractivity contribution < 1.29 is 4.79 Å². The molecule has 0 aromatic rings. The summed E-state index contributed by atoms with van der Waals surface area (Å²) in [7, 11) is 0. The van der Waals surface area contributed by atoms with Gasteiger partial charge in [-0.2, -0.15) is 0 Å². The van der Waals surface area contributed by atoms with Crippen LogP contribution in [0.25, 0.3) is 10.4 Å². The van der Waals surface area contributed by atoms with Gasteiger partial charge in [0.25, 0.3) is 0 Å². The quantitative estimate of drug-likeness (QED) is 0.107. The van der Waals surface area contributed by atoms with E-state index in [0.29, 0.717) is 6.42 Å². The first-order valence-corrected chi connectivity index (χ1v) is 9.04. The van der Waals surface area contributed by atoms with Crippen LogP contribution in [0.5, 0.6) is 0 Å². The Bertz CT molecular complexity index is 333. The second-order valence-corrected chi connectivity index (χ2v) is 5.92. The number of allylic oxidation sites excluding steroid dienone is 2. The molecule has 4 nitrogen and oxygen atoms in total. The molecule has 0 bridgehead atoms. The number of nitrogens with zero attached hydrogens (tertiary/aromatic N) is 3. The Morgan fingerprint density at radius 1 is 0.864 bits per heavy atom. The summed E-state index contributed by atoms with van der Waals surface area (Å²) in [4.78, 5) is 13.4. The lowest BCUT2D eigenvalue weighted by molar-refractivity contribution is -0.118. The predicted molar refractivity (Wildman–Crippen MR) is 93.6 cm³/mol. The van der Waals surface area contributed by atoms with E-state index in [2.05, 4.69) is 29.1 Å². The number of hydrogen-bond acceptors (Lipinski definition) is 1. The molecule has 0 fully saturated rings. The van der Waals surface area contributed by atoms with Gasteiger partial charge in [-0.1, -0.05) is 70.4 Å². The van der Waals surface area contributed by atoms with Crippen LogP contribution in [0.1, 0.15) is 96.8 Å². The van der Waals surface area contributed by atoms with E-state index in [-0.39, 0.29) is 5.91 Å². The molecule has 0 aliphatic heterocycles. The van der Waals surface area contributed by atoms with Crippen LogP contribution in [-0.4, -0.2) is 5.91 Å². The molecule has 22 heavy (non-hydrogen) atoms. The van der Waals surface area contributed by atoms with Gasteiger partial charge in [-0.05, 0) is 42.7 Å².